The van der Waals surface area contributed by atoms with Gasteiger partial charge in [-0.15, -0.1) is 0 Å². The van der Waals surface area contributed by atoms with Gasteiger partial charge in [-0.1, -0.05) is 36.8 Å². The van der Waals surface area contributed by atoms with Crippen LogP contribution in [0.2, 0.25) is 0 Å². The number of piperidine rings is 1. The number of nitrogens with zero attached hydrogens (tertiary/aromatic N) is 1. The minimum atomic E-state index is -0.0996. The highest BCUT2D eigenvalue weighted by Gasteiger charge is 2.32. The molecular formula is C15H21NO2. The Balaban J connectivity index is 2.16. The van der Waals surface area contributed by atoms with Crippen LogP contribution in [0.4, 0.5) is 0 Å². The molecule has 1 saturated heterocycles. The second-order valence-corrected chi connectivity index (χ2v) is 4.86. The molecule has 2 unspecified atom stereocenters. The van der Waals surface area contributed by atoms with E-state index in [1.807, 2.05) is 18.2 Å². The normalized spacial score (nSPS) is 22.4. The van der Waals surface area contributed by atoms with Gasteiger partial charge in [-0.3, -0.25) is 9.69 Å². The second kappa shape index (κ2) is 6.01. The highest BCUT2D eigenvalue weighted by Crippen LogP contribution is 2.28. The fourth-order valence-corrected chi connectivity index (χ4v) is 2.73. The van der Waals surface area contributed by atoms with Crippen molar-refractivity contribution in [1.29, 1.82) is 0 Å². The number of esters is 1. The van der Waals surface area contributed by atoms with Crippen molar-refractivity contribution in [3.8, 4) is 0 Å². The van der Waals surface area contributed by atoms with E-state index in [9.17, 15) is 4.79 Å². The summed E-state index contributed by atoms with van der Waals surface area (Å²) in [5.41, 5.74) is 1.26. The van der Waals surface area contributed by atoms with E-state index in [0.29, 0.717) is 0 Å². The number of hydrogen-bond acceptors (Lipinski definition) is 3. The summed E-state index contributed by atoms with van der Waals surface area (Å²) in [7, 11) is 1.47. The third-order valence-electron chi connectivity index (χ3n) is 3.80. The highest BCUT2D eigenvalue weighted by atomic mass is 16.5. The Morgan fingerprint density at radius 2 is 2.06 bits per heavy atom. The zero-order valence-electron chi connectivity index (χ0n) is 11.1. The molecule has 1 aromatic carbocycles. The van der Waals surface area contributed by atoms with Crippen molar-refractivity contribution in [3.05, 3.63) is 35.9 Å². The average molecular weight is 247 g/mol. The Kier molecular flexibility index (Phi) is 4.37. The lowest BCUT2D eigenvalue weighted by Crippen LogP contribution is -2.46. The lowest BCUT2D eigenvalue weighted by molar-refractivity contribution is -0.149. The topological polar surface area (TPSA) is 29.5 Å². The number of hydrogen-bond donors (Lipinski definition) is 0. The van der Waals surface area contributed by atoms with Crippen molar-refractivity contribution in [1.82, 2.24) is 4.90 Å². The van der Waals surface area contributed by atoms with Crippen molar-refractivity contribution in [2.45, 2.75) is 38.3 Å². The smallest absolute Gasteiger partial charge is 0.323 e. The molecule has 0 N–H and O–H groups in total. The van der Waals surface area contributed by atoms with Crippen LogP contribution in [0.25, 0.3) is 0 Å². The Labute approximate surface area is 109 Å². The lowest BCUT2D eigenvalue weighted by atomic mass is 9.97. The molecule has 0 aromatic heterocycles. The number of ether oxygens (including phenoxy) is 1. The molecule has 1 heterocycles. The second-order valence-electron chi connectivity index (χ2n) is 4.86. The predicted octanol–water partition coefficient (Wildman–Crippen LogP) is 2.78. The van der Waals surface area contributed by atoms with E-state index in [1.165, 1.54) is 12.7 Å². The van der Waals surface area contributed by atoms with Crippen LogP contribution in [0.1, 0.15) is 37.8 Å². The Bertz CT molecular complexity index is 391. The molecule has 2 atom stereocenters. The number of likely N-dealkylation sites (tertiary alicyclic amines) is 1. The maximum absolute atomic E-state index is 11.8. The van der Waals surface area contributed by atoms with Crippen molar-refractivity contribution < 1.29 is 9.53 Å². The maximum atomic E-state index is 11.8. The molecule has 0 saturated carbocycles. The fourth-order valence-electron chi connectivity index (χ4n) is 2.73. The summed E-state index contributed by atoms with van der Waals surface area (Å²) < 4.78 is 4.93. The Morgan fingerprint density at radius 3 is 2.72 bits per heavy atom. The summed E-state index contributed by atoms with van der Waals surface area (Å²) in [6, 6.07) is 10.5. The molecule has 0 radical (unpaired) electrons. The summed E-state index contributed by atoms with van der Waals surface area (Å²) in [5.74, 6) is -0.0996. The van der Waals surface area contributed by atoms with E-state index in [1.54, 1.807) is 0 Å². The molecule has 0 aliphatic carbocycles. The largest absolute Gasteiger partial charge is 0.468 e. The molecule has 0 spiro atoms. The Hall–Kier alpha value is -1.35. The first kappa shape index (κ1) is 13.1. The zero-order chi connectivity index (χ0) is 13.0. The molecule has 18 heavy (non-hydrogen) atoms. The molecule has 3 nitrogen and oxygen atoms in total. The van der Waals surface area contributed by atoms with Crippen LogP contribution in [0.5, 0.6) is 0 Å². The predicted molar refractivity (Wildman–Crippen MR) is 71.2 cm³/mol. The third-order valence-corrected chi connectivity index (χ3v) is 3.80. The van der Waals surface area contributed by atoms with Crippen molar-refractivity contribution in [3.63, 3.8) is 0 Å². The monoisotopic (exact) mass is 247 g/mol. The average Bonchev–Trinajstić information content (AvgIpc) is 2.46. The number of rotatable bonds is 3. The van der Waals surface area contributed by atoms with Crippen LogP contribution in [0, 0.1) is 0 Å². The standard InChI is InChI=1S/C15H21NO2/c1-12(13-8-4-3-5-9-13)16-11-7-6-10-14(16)15(17)18-2/h3-5,8-9,12,14H,6-7,10-11H2,1-2H3. The van der Waals surface area contributed by atoms with E-state index in [4.69, 9.17) is 4.74 Å². The molecule has 3 heteroatoms. The molecule has 0 bridgehead atoms. The van der Waals surface area contributed by atoms with Gasteiger partial charge in [0.1, 0.15) is 6.04 Å². The number of carbonyl (C=O) groups excluding carboxylic acids is 1. The van der Waals surface area contributed by atoms with Gasteiger partial charge >= 0.3 is 5.97 Å². The van der Waals surface area contributed by atoms with Gasteiger partial charge in [0.15, 0.2) is 0 Å². The summed E-state index contributed by atoms with van der Waals surface area (Å²) in [4.78, 5) is 14.1. The van der Waals surface area contributed by atoms with Crippen molar-refractivity contribution in [2.75, 3.05) is 13.7 Å². The van der Waals surface area contributed by atoms with Crippen LogP contribution in [0.15, 0.2) is 30.3 Å². The first-order valence-electron chi connectivity index (χ1n) is 6.62. The zero-order valence-corrected chi connectivity index (χ0v) is 11.1. The number of carbonyl (C=O) groups is 1. The van der Waals surface area contributed by atoms with E-state index < -0.39 is 0 Å². The molecule has 1 aliphatic heterocycles. The number of methoxy groups -OCH3 is 1. The first-order valence-corrected chi connectivity index (χ1v) is 6.62. The van der Waals surface area contributed by atoms with Crippen LogP contribution >= 0.6 is 0 Å². The minimum absolute atomic E-state index is 0.0843. The molecule has 1 fully saturated rings. The molecule has 98 valence electrons. The van der Waals surface area contributed by atoms with Crippen molar-refractivity contribution >= 4 is 5.97 Å². The summed E-state index contributed by atoms with van der Waals surface area (Å²) in [6.45, 7) is 3.13. The molecule has 0 amide bonds. The van der Waals surface area contributed by atoms with E-state index in [-0.39, 0.29) is 18.1 Å². The van der Waals surface area contributed by atoms with Gasteiger partial charge in [-0.25, -0.2) is 0 Å². The molecule has 1 aromatic rings. The summed E-state index contributed by atoms with van der Waals surface area (Å²) in [5, 5.41) is 0. The fraction of sp³-hybridized carbons (Fsp3) is 0.533. The van der Waals surface area contributed by atoms with Crippen LogP contribution in [0.3, 0.4) is 0 Å². The minimum Gasteiger partial charge on any atom is -0.468 e. The van der Waals surface area contributed by atoms with E-state index in [2.05, 4.69) is 24.0 Å². The van der Waals surface area contributed by atoms with Gasteiger partial charge in [0, 0.05) is 6.04 Å². The van der Waals surface area contributed by atoms with Gasteiger partial charge in [-0.05, 0) is 31.9 Å². The SMILES string of the molecule is COC(=O)C1CCCCN1C(C)c1ccccc1. The van der Waals surface area contributed by atoms with E-state index in [0.717, 1.165) is 25.8 Å². The third kappa shape index (κ3) is 2.72. The quantitative estimate of drug-likeness (QED) is 0.769. The van der Waals surface area contributed by atoms with Crippen LogP contribution in [-0.4, -0.2) is 30.6 Å². The highest BCUT2D eigenvalue weighted by molar-refractivity contribution is 5.75. The maximum Gasteiger partial charge on any atom is 0.323 e. The lowest BCUT2D eigenvalue weighted by Gasteiger charge is -2.38. The van der Waals surface area contributed by atoms with Gasteiger partial charge < -0.3 is 4.74 Å². The summed E-state index contributed by atoms with van der Waals surface area (Å²) in [6.07, 6.45) is 3.17. The first-order chi connectivity index (χ1) is 8.74. The van der Waals surface area contributed by atoms with Gasteiger partial charge in [0.25, 0.3) is 0 Å². The van der Waals surface area contributed by atoms with Crippen LogP contribution < -0.4 is 0 Å². The molecule has 1 aliphatic rings. The molecular weight excluding hydrogens is 226 g/mol. The van der Waals surface area contributed by atoms with Crippen LogP contribution in [-0.2, 0) is 9.53 Å². The van der Waals surface area contributed by atoms with Gasteiger partial charge in [-0.2, -0.15) is 0 Å². The summed E-state index contributed by atoms with van der Waals surface area (Å²) >= 11 is 0. The molecule has 2 rings (SSSR count). The van der Waals surface area contributed by atoms with Crippen molar-refractivity contribution in [2.24, 2.45) is 0 Å². The van der Waals surface area contributed by atoms with E-state index >= 15 is 0 Å². The Morgan fingerprint density at radius 1 is 1.33 bits per heavy atom. The number of benzene rings is 1. The van der Waals surface area contributed by atoms with Gasteiger partial charge in [0.2, 0.25) is 0 Å². The van der Waals surface area contributed by atoms with Gasteiger partial charge in [0.05, 0.1) is 7.11 Å².